The zero-order valence-corrected chi connectivity index (χ0v) is 15.9. The van der Waals surface area contributed by atoms with Crippen LogP contribution in [0.4, 0.5) is 0 Å². The van der Waals surface area contributed by atoms with Gasteiger partial charge in [0, 0.05) is 31.1 Å². The molecule has 0 spiro atoms. The molecule has 1 aromatic carbocycles. The number of carbonyl (C=O) groups is 1. The molecule has 0 aliphatic carbocycles. The summed E-state index contributed by atoms with van der Waals surface area (Å²) in [7, 11) is 2.22. The Kier molecular flexibility index (Phi) is 8.07. The number of carbonyl (C=O) groups excluding carboxylic acids is 1. The highest BCUT2D eigenvalue weighted by Gasteiger charge is 2.23. The van der Waals surface area contributed by atoms with Crippen molar-refractivity contribution in [3.63, 3.8) is 0 Å². The third-order valence-corrected chi connectivity index (χ3v) is 5.22. The molecule has 0 atom stereocenters. The van der Waals surface area contributed by atoms with Crippen LogP contribution in [-0.4, -0.2) is 48.9 Å². The van der Waals surface area contributed by atoms with Crippen molar-refractivity contribution in [3.05, 3.63) is 34.9 Å². The number of unbranched alkanes of at least 4 members (excludes halogenated alkanes) is 1. The lowest BCUT2D eigenvalue weighted by Crippen LogP contribution is -2.41. The highest BCUT2D eigenvalue weighted by Crippen LogP contribution is 2.19. The molecule has 1 fully saturated rings. The average molecular weight is 351 g/mol. The minimum atomic E-state index is 0.294. The number of hydrogen-bond donors (Lipinski definition) is 0. The molecule has 4 heteroatoms. The van der Waals surface area contributed by atoms with E-state index in [1.165, 1.54) is 31.5 Å². The second-order valence-corrected chi connectivity index (χ2v) is 7.50. The van der Waals surface area contributed by atoms with Crippen molar-refractivity contribution in [2.24, 2.45) is 5.92 Å². The van der Waals surface area contributed by atoms with Crippen molar-refractivity contribution in [2.75, 3.05) is 33.2 Å². The van der Waals surface area contributed by atoms with Crippen LogP contribution in [0.25, 0.3) is 0 Å². The second-order valence-electron chi connectivity index (χ2n) is 7.07. The molecule has 1 saturated heterocycles. The molecule has 1 heterocycles. The van der Waals surface area contributed by atoms with Crippen LogP contribution in [0.15, 0.2) is 24.3 Å². The number of likely N-dealkylation sites (tertiary alicyclic amines) is 1. The van der Waals surface area contributed by atoms with E-state index in [2.05, 4.69) is 23.8 Å². The summed E-state index contributed by atoms with van der Waals surface area (Å²) in [4.78, 5) is 16.9. The smallest absolute Gasteiger partial charge is 0.222 e. The van der Waals surface area contributed by atoms with Crippen LogP contribution in [0.5, 0.6) is 0 Å². The second kappa shape index (κ2) is 10.0. The van der Waals surface area contributed by atoms with Crippen molar-refractivity contribution < 1.29 is 4.79 Å². The number of halogens is 1. The molecule has 0 saturated carbocycles. The minimum absolute atomic E-state index is 0.294. The van der Waals surface area contributed by atoms with Gasteiger partial charge in [0.25, 0.3) is 0 Å². The normalized spacial score (nSPS) is 15.9. The molecular weight excluding hydrogens is 320 g/mol. The van der Waals surface area contributed by atoms with Crippen molar-refractivity contribution in [1.29, 1.82) is 0 Å². The summed E-state index contributed by atoms with van der Waals surface area (Å²) in [6.45, 7) is 6.45. The van der Waals surface area contributed by atoms with Crippen LogP contribution in [0.1, 0.15) is 44.6 Å². The molecule has 134 valence electrons. The summed E-state index contributed by atoms with van der Waals surface area (Å²) >= 11 is 5.90. The van der Waals surface area contributed by atoms with E-state index in [9.17, 15) is 4.79 Å². The third-order valence-electron chi connectivity index (χ3n) is 4.97. The maximum atomic E-state index is 12.4. The van der Waals surface area contributed by atoms with Crippen LogP contribution in [0.2, 0.25) is 5.02 Å². The van der Waals surface area contributed by atoms with Crippen LogP contribution in [-0.2, 0) is 11.2 Å². The van der Waals surface area contributed by atoms with Gasteiger partial charge in [0.15, 0.2) is 0 Å². The topological polar surface area (TPSA) is 23.6 Å². The van der Waals surface area contributed by atoms with Gasteiger partial charge in [0.1, 0.15) is 0 Å². The fraction of sp³-hybridized carbons (Fsp3) is 0.650. The Morgan fingerprint density at radius 3 is 2.54 bits per heavy atom. The molecular formula is C20H31ClN2O. The Bertz CT molecular complexity index is 495. The van der Waals surface area contributed by atoms with Gasteiger partial charge >= 0.3 is 0 Å². The number of nitrogens with zero attached hydrogens (tertiary/aromatic N) is 2. The molecule has 0 radical (unpaired) electrons. The predicted molar refractivity (Wildman–Crippen MR) is 101 cm³/mol. The monoisotopic (exact) mass is 350 g/mol. The van der Waals surface area contributed by atoms with Gasteiger partial charge in [-0.2, -0.15) is 0 Å². The predicted octanol–water partition coefficient (Wildman–Crippen LogP) is 4.24. The highest BCUT2D eigenvalue weighted by atomic mass is 35.5. The average Bonchev–Trinajstić information content (AvgIpc) is 2.60. The molecule has 1 aromatic rings. The zero-order chi connectivity index (χ0) is 17.4. The zero-order valence-electron chi connectivity index (χ0n) is 15.1. The molecule has 0 unspecified atom stereocenters. The molecule has 2 rings (SSSR count). The molecule has 1 aliphatic heterocycles. The molecule has 24 heavy (non-hydrogen) atoms. The summed E-state index contributed by atoms with van der Waals surface area (Å²) in [5.74, 6) is 1.04. The number of benzene rings is 1. The number of rotatable bonds is 8. The molecule has 1 amide bonds. The van der Waals surface area contributed by atoms with Crippen molar-refractivity contribution in [3.8, 4) is 0 Å². The fourth-order valence-electron chi connectivity index (χ4n) is 3.39. The van der Waals surface area contributed by atoms with Gasteiger partial charge in [-0.1, -0.05) is 37.1 Å². The van der Waals surface area contributed by atoms with Gasteiger partial charge < -0.3 is 9.80 Å². The van der Waals surface area contributed by atoms with E-state index >= 15 is 0 Å². The Hall–Kier alpha value is -1.06. The van der Waals surface area contributed by atoms with E-state index < -0.39 is 0 Å². The largest absolute Gasteiger partial charge is 0.343 e. The first-order valence-electron chi connectivity index (χ1n) is 9.29. The first kappa shape index (κ1) is 19.3. The van der Waals surface area contributed by atoms with Crippen molar-refractivity contribution in [2.45, 2.75) is 45.4 Å². The molecule has 0 N–H and O–H groups in total. The molecule has 1 aliphatic rings. The Morgan fingerprint density at radius 2 is 1.92 bits per heavy atom. The third kappa shape index (κ3) is 6.45. The van der Waals surface area contributed by atoms with Gasteiger partial charge in [-0.05, 0) is 62.9 Å². The van der Waals surface area contributed by atoms with Crippen LogP contribution in [0, 0.1) is 5.92 Å². The lowest BCUT2D eigenvalue weighted by Gasteiger charge is -2.34. The molecule has 0 aromatic heterocycles. The number of piperidine rings is 1. The van der Waals surface area contributed by atoms with E-state index in [-0.39, 0.29) is 0 Å². The maximum absolute atomic E-state index is 12.4. The van der Waals surface area contributed by atoms with E-state index in [0.29, 0.717) is 12.3 Å². The van der Waals surface area contributed by atoms with E-state index in [1.807, 2.05) is 24.3 Å². The van der Waals surface area contributed by atoms with Crippen LogP contribution >= 0.6 is 11.6 Å². The quantitative estimate of drug-likeness (QED) is 0.700. The summed E-state index contributed by atoms with van der Waals surface area (Å²) in [6, 6.07) is 7.80. The maximum Gasteiger partial charge on any atom is 0.222 e. The van der Waals surface area contributed by atoms with Crippen LogP contribution < -0.4 is 0 Å². The fourth-order valence-corrected chi connectivity index (χ4v) is 3.51. The summed E-state index contributed by atoms with van der Waals surface area (Å²) in [5, 5.41) is 0.746. The lowest BCUT2D eigenvalue weighted by atomic mass is 9.95. The van der Waals surface area contributed by atoms with Gasteiger partial charge in [0.05, 0.1) is 0 Å². The molecule has 0 bridgehead atoms. The van der Waals surface area contributed by atoms with Gasteiger partial charge in [-0.25, -0.2) is 0 Å². The van der Waals surface area contributed by atoms with E-state index in [4.69, 9.17) is 11.6 Å². The minimum Gasteiger partial charge on any atom is -0.343 e. The Labute approximate surface area is 152 Å². The van der Waals surface area contributed by atoms with Gasteiger partial charge in [0.2, 0.25) is 5.91 Å². The van der Waals surface area contributed by atoms with E-state index in [0.717, 1.165) is 43.3 Å². The summed E-state index contributed by atoms with van der Waals surface area (Å²) < 4.78 is 0. The summed E-state index contributed by atoms with van der Waals surface area (Å²) in [6.07, 6.45) is 6.22. The van der Waals surface area contributed by atoms with Crippen molar-refractivity contribution >= 4 is 17.5 Å². The number of amides is 1. The lowest BCUT2D eigenvalue weighted by molar-refractivity contribution is -0.132. The Morgan fingerprint density at radius 1 is 1.25 bits per heavy atom. The van der Waals surface area contributed by atoms with E-state index in [1.54, 1.807) is 0 Å². The first-order chi connectivity index (χ1) is 11.6. The standard InChI is InChI=1S/C20H31ClN2O/c1-3-4-13-22(2)16-18-11-14-23(15-12-18)20(24)10-7-17-5-8-19(21)9-6-17/h5-6,8-9,18H,3-4,7,10-16H2,1-2H3. The Balaban J connectivity index is 1.67. The number of hydrogen-bond acceptors (Lipinski definition) is 2. The van der Waals surface area contributed by atoms with Crippen molar-refractivity contribution in [1.82, 2.24) is 9.80 Å². The molecule has 3 nitrogen and oxygen atoms in total. The summed E-state index contributed by atoms with van der Waals surface area (Å²) in [5.41, 5.74) is 1.18. The SMILES string of the molecule is CCCCN(C)CC1CCN(C(=O)CCc2ccc(Cl)cc2)CC1. The van der Waals surface area contributed by atoms with Gasteiger partial charge in [-0.15, -0.1) is 0 Å². The van der Waals surface area contributed by atoms with Gasteiger partial charge in [-0.3, -0.25) is 4.79 Å². The number of aryl methyl sites for hydroxylation is 1. The highest BCUT2D eigenvalue weighted by molar-refractivity contribution is 6.30. The van der Waals surface area contributed by atoms with Crippen LogP contribution in [0.3, 0.4) is 0 Å². The first-order valence-corrected chi connectivity index (χ1v) is 9.67.